The van der Waals surface area contributed by atoms with E-state index in [9.17, 15) is 31.5 Å². The number of ketones is 1. The Balaban J connectivity index is 1.17. The molecule has 1 fully saturated rings. The molecule has 1 saturated heterocycles. The van der Waals surface area contributed by atoms with Gasteiger partial charge in [-0.05, 0) is 83.8 Å². The fourth-order valence-electron chi connectivity index (χ4n) is 6.96. The summed E-state index contributed by atoms with van der Waals surface area (Å²) in [5.41, 5.74) is 2.22. The third-order valence-corrected chi connectivity index (χ3v) is 12.9. The third-order valence-electron chi connectivity index (χ3n) is 9.87. The van der Waals surface area contributed by atoms with E-state index < -0.39 is 37.3 Å². The number of sulfone groups is 2. The van der Waals surface area contributed by atoms with Crippen molar-refractivity contribution >= 4 is 58.6 Å². The number of Topliss-reactive ketones (excluding diaryl/α,β-unsaturated/α-hetero) is 1. The van der Waals surface area contributed by atoms with Gasteiger partial charge in [-0.25, -0.2) is 26.8 Å². The van der Waals surface area contributed by atoms with Crippen LogP contribution < -0.4 is 10.2 Å². The lowest BCUT2D eigenvalue weighted by Gasteiger charge is -2.38. The van der Waals surface area contributed by atoms with Crippen molar-refractivity contribution in [3.63, 3.8) is 0 Å². The van der Waals surface area contributed by atoms with Gasteiger partial charge in [0.2, 0.25) is 15.7 Å². The summed E-state index contributed by atoms with van der Waals surface area (Å²) < 4.78 is 55.5. The molecule has 1 aliphatic rings. The molecule has 0 aliphatic carbocycles. The molecule has 14 heteroatoms. The minimum atomic E-state index is -4.06. The Morgan fingerprint density at radius 3 is 1.91 bits per heavy atom. The monoisotopic (exact) mass is 777 g/mol. The molecule has 282 valence electrons. The maximum absolute atomic E-state index is 14.4. The van der Waals surface area contributed by atoms with Crippen LogP contribution in [0.2, 0.25) is 0 Å². The Labute approximate surface area is 319 Å². The first-order valence-corrected chi connectivity index (χ1v) is 21.0. The van der Waals surface area contributed by atoms with Gasteiger partial charge in [-0.15, -0.1) is 0 Å². The molecular formula is C41H39N5O7S2. The number of phenolic OH excluding ortho intramolecular Hbond substituents is 1. The first-order chi connectivity index (χ1) is 26.4. The van der Waals surface area contributed by atoms with Crippen molar-refractivity contribution in [1.29, 1.82) is 0 Å². The first-order valence-electron chi connectivity index (χ1n) is 17.7. The molecule has 4 aromatic carbocycles. The first kappa shape index (κ1) is 37.6. The van der Waals surface area contributed by atoms with Crippen LogP contribution in [-0.2, 0) is 36.6 Å². The number of amides is 1. The van der Waals surface area contributed by atoms with Crippen molar-refractivity contribution < 1.29 is 31.5 Å². The molecule has 0 radical (unpaired) electrons. The van der Waals surface area contributed by atoms with Gasteiger partial charge in [0.1, 0.15) is 11.6 Å². The van der Waals surface area contributed by atoms with Crippen molar-refractivity contribution in [2.24, 2.45) is 0 Å². The summed E-state index contributed by atoms with van der Waals surface area (Å²) >= 11 is 0. The Bertz CT molecular complexity index is 2620. The molecule has 1 amide bonds. The summed E-state index contributed by atoms with van der Waals surface area (Å²) in [6.45, 7) is 3.18. The van der Waals surface area contributed by atoms with Gasteiger partial charge < -0.3 is 14.9 Å². The van der Waals surface area contributed by atoms with Crippen LogP contribution in [0.4, 0.5) is 5.69 Å². The van der Waals surface area contributed by atoms with Gasteiger partial charge in [-0.1, -0.05) is 54.6 Å². The molecule has 0 bridgehead atoms. The number of phenols is 1. The zero-order valence-corrected chi connectivity index (χ0v) is 31.6. The minimum Gasteiger partial charge on any atom is -0.508 e. The van der Waals surface area contributed by atoms with Crippen molar-refractivity contribution in [2.45, 2.75) is 35.2 Å². The van der Waals surface area contributed by atoms with E-state index in [1.54, 1.807) is 83.8 Å². The molecule has 1 unspecified atom stereocenters. The van der Waals surface area contributed by atoms with Crippen LogP contribution in [0.3, 0.4) is 0 Å². The summed E-state index contributed by atoms with van der Waals surface area (Å²) in [7, 11) is -8.12. The van der Waals surface area contributed by atoms with Crippen LogP contribution >= 0.6 is 0 Å². The predicted octanol–water partition coefficient (Wildman–Crippen LogP) is 4.95. The zero-order chi connectivity index (χ0) is 38.7. The van der Waals surface area contributed by atoms with Crippen LogP contribution in [0.5, 0.6) is 5.75 Å². The van der Waals surface area contributed by atoms with Gasteiger partial charge >= 0.3 is 0 Å². The molecule has 1 atom stereocenters. The van der Waals surface area contributed by atoms with E-state index in [1.165, 1.54) is 31.5 Å². The Hall–Kier alpha value is -5.70. The number of nitrogens with zero attached hydrogens (tertiary/aromatic N) is 4. The third kappa shape index (κ3) is 8.21. The number of anilines is 1. The number of hydrogen-bond donors (Lipinski definition) is 2. The quantitative estimate of drug-likeness (QED) is 0.162. The van der Waals surface area contributed by atoms with Crippen molar-refractivity contribution in [1.82, 2.24) is 20.2 Å². The van der Waals surface area contributed by atoms with Gasteiger partial charge in [0.05, 0.1) is 11.8 Å². The summed E-state index contributed by atoms with van der Waals surface area (Å²) in [6.07, 6.45) is 2.79. The lowest BCUT2D eigenvalue weighted by Crippen LogP contribution is -2.55. The fraction of sp³-hybridized carbons (Fsp3) is 0.220. The standard InChI is InChI=1S/C41H39N5O7S2/c1-28(47)29-10-13-34(14-11-29)45-20-22-46(23-21-45)41(49)38(44-27-55(52,53)40-37-9-5-3-7-31(37)17-19-43-40)25-32-12-15-35(48)24-33(32)26-54(50,51)39-36-8-4-2-6-30(36)16-18-42-39/h2-19,24,38,44,48H,20-23,25-27H2,1H3. The molecule has 7 rings (SSSR count). The summed E-state index contributed by atoms with van der Waals surface area (Å²) in [5, 5.41) is 15.6. The van der Waals surface area contributed by atoms with Gasteiger partial charge in [0.25, 0.3) is 0 Å². The normalized spacial score (nSPS) is 14.3. The zero-order valence-electron chi connectivity index (χ0n) is 30.0. The highest BCUT2D eigenvalue weighted by Crippen LogP contribution is 2.28. The average molecular weight is 778 g/mol. The van der Waals surface area contributed by atoms with E-state index in [1.807, 2.05) is 12.1 Å². The van der Waals surface area contributed by atoms with E-state index in [0.29, 0.717) is 58.9 Å². The number of fused-ring (bicyclic) bond motifs is 2. The number of aromatic nitrogens is 2. The summed E-state index contributed by atoms with van der Waals surface area (Å²) in [6, 6.07) is 28.0. The highest BCUT2D eigenvalue weighted by Gasteiger charge is 2.31. The highest BCUT2D eigenvalue weighted by atomic mass is 32.2. The van der Waals surface area contributed by atoms with Crippen molar-refractivity contribution in [2.75, 3.05) is 37.0 Å². The van der Waals surface area contributed by atoms with E-state index in [-0.39, 0.29) is 39.5 Å². The second kappa shape index (κ2) is 15.6. The number of piperazine rings is 1. The fourth-order valence-corrected chi connectivity index (χ4v) is 9.81. The van der Waals surface area contributed by atoms with E-state index in [4.69, 9.17) is 0 Å². The molecule has 3 heterocycles. The molecular weight excluding hydrogens is 739 g/mol. The number of aromatic hydroxyl groups is 1. The van der Waals surface area contributed by atoms with Crippen LogP contribution in [0, 0.1) is 0 Å². The van der Waals surface area contributed by atoms with Gasteiger partial charge in [-0.3, -0.25) is 14.9 Å². The minimum absolute atomic E-state index is 0.0293. The number of hydrogen-bond acceptors (Lipinski definition) is 11. The van der Waals surface area contributed by atoms with E-state index in [0.717, 1.165) is 5.69 Å². The Morgan fingerprint density at radius 1 is 0.727 bits per heavy atom. The Kier molecular flexibility index (Phi) is 10.6. The SMILES string of the molecule is CC(=O)c1ccc(N2CCN(C(=O)C(Cc3ccc(O)cc3CS(=O)(=O)c3nccc4ccccc34)NCS(=O)(=O)c3nccc4ccccc34)CC2)cc1. The number of nitrogens with one attached hydrogen (secondary N) is 1. The lowest BCUT2D eigenvalue weighted by atomic mass is 9.99. The maximum atomic E-state index is 14.4. The largest absolute Gasteiger partial charge is 0.508 e. The molecule has 0 saturated carbocycles. The lowest BCUT2D eigenvalue weighted by molar-refractivity contribution is -0.133. The average Bonchev–Trinajstić information content (AvgIpc) is 3.19. The van der Waals surface area contributed by atoms with Crippen LogP contribution in [-0.4, -0.2) is 86.6 Å². The van der Waals surface area contributed by atoms with E-state index >= 15 is 0 Å². The van der Waals surface area contributed by atoms with Crippen LogP contribution in [0.1, 0.15) is 28.4 Å². The summed E-state index contributed by atoms with van der Waals surface area (Å²) in [5.74, 6) is -1.67. The predicted molar refractivity (Wildman–Crippen MR) is 210 cm³/mol. The highest BCUT2D eigenvalue weighted by molar-refractivity contribution is 7.91. The number of pyridine rings is 2. The van der Waals surface area contributed by atoms with Crippen molar-refractivity contribution in [3.05, 3.63) is 132 Å². The topological polar surface area (TPSA) is 167 Å². The molecule has 2 N–H and O–H groups in total. The second-order valence-electron chi connectivity index (χ2n) is 13.5. The molecule has 6 aromatic rings. The number of carbonyl (C=O) groups is 2. The number of carbonyl (C=O) groups excluding carboxylic acids is 2. The van der Waals surface area contributed by atoms with Crippen LogP contribution in [0.25, 0.3) is 21.5 Å². The molecule has 12 nitrogen and oxygen atoms in total. The molecule has 0 spiro atoms. The number of rotatable bonds is 12. The van der Waals surface area contributed by atoms with Gasteiger partial charge in [0, 0.05) is 60.6 Å². The maximum Gasteiger partial charge on any atom is 0.240 e. The molecule has 2 aromatic heterocycles. The second-order valence-corrected chi connectivity index (χ2v) is 17.3. The van der Waals surface area contributed by atoms with Crippen LogP contribution in [0.15, 0.2) is 126 Å². The van der Waals surface area contributed by atoms with Crippen molar-refractivity contribution in [3.8, 4) is 5.75 Å². The molecule has 1 aliphatic heterocycles. The summed E-state index contributed by atoms with van der Waals surface area (Å²) in [4.78, 5) is 38.3. The number of benzene rings is 4. The van der Waals surface area contributed by atoms with Gasteiger partial charge in [-0.2, -0.15) is 0 Å². The van der Waals surface area contributed by atoms with E-state index in [2.05, 4.69) is 20.2 Å². The molecule has 55 heavy (non-hydrogen) atoms. The van der Waals surface area contributed by atoms with Gasteiger partial charge in [0.15, 0.2) is 25.7 Å². The Morgan fingerprint density at radius 2 is 1.31 bits per heavy atom. The smallest absolute Gasteiger partial charge is 0.240 e.